The van der Waals surface area contributed by atoms with Crippen LogP contribution in [0, 0.1) is 5.82 Å². The molecule has 1 aromatic carbocycles. The lowest BCUT2D eigenvalue weighted by molar-refractivity contribution is -0.134. The highest BCUT2D eigenvalue weighted by molar-refractivity contribution is 5.81. The molecule has 0 radical (unpaired) electrons. The van der Waals surface area contributed by atoms with Crippen molar-refractivity contribution in [3.05, 3.63) is 60.2 Å². The van der Waals surface area contributed by atoms with Crippen LogP contribution < -0.4 is 0 Å². The summed E-state index contributed by atoms with van der Waals surface area (Å²) in [4.78, 5) is 14.3. The van der Waals surface area contributed by atoms with Crippen LogP contribution in [-0.4, -0.2) is 33.7 Å². The Morgan fingerprint density at radius 3 is 2.68 bits per heavy atom. The van der Waals surface area contributed by atoms with E-state index in [1.165, 1.54) is 12.1 Å². The van der Waals surface area contributed by atoms with Crippen molar-refractivity contribution in [3.8, 4) is 0 Å². The molecule has 5 heteroatoms. The van der Waals surface area contributed by atoms with Crippen LogP contribution >= 0.6 is 0 Å². The zero-order chi connectivity index (χ0) is 15.5. The molecule has 1 aliphatic heterocycles. The Kier molecular flexibility index (Phi) is 4.04. The quantitative estimate of drug-likeness (QED) is 0.874. The van der Waals surface area contributed by atoms with Crippen LogP contribution in [0.5, 0.6) is 0 Å². The van der Waals surface area contributed by atoms with Gasteiger partial charge in [-0.05, 0) is 42.7 Å². The Labute approximate surface area is 128 Å². The first-order valence-corrected chi connectivity index (χ1v) is 7.38. The summed E-state index contributed by atoms with van der Waals surface area (Å²) in [7, 11) is 0. The smallest absolute Gasteiger partial charge is 0.247 e. The van der Waals surface area contributed by atoms with Crippen LogP contribution in [0.15, 0.2) is 48.8 Å². The summed E-state index contributed by atoms with van der Waals surface area (Å²) in [5.74, 6) is -0.164. The number of rotatable bonds is 3. The van der Waals surface area contributed by atoms with E-state index in [-0.39, 0.29) is 17.8 Å². The highest BCUT2D eigenvalue weighted by Crippen LogP contribution is 2.23. The molecule has 22 heavy (non-hydrogen) atoms. The molecule has 1 aliphatic rings. The molecule has 0 saturated heterocycles. The van der Waals surface area contributed by atoms with Crippen molar-refractivity contribution >= 4 is 11.5 Å². The molecule has 1 amide bonds. The molecule has 114 valence electrons. The number of halogens is 1. The molecule has 1 atom stereocenters. The summed E-state index contributed by atoms with van der Waals surface area (Å²) in [5.41, 5.74) is 2.18. The normalized spacial score (nSPS) is 16.3. The van der Waals surface area contributed by atoms with E-state index in [2.05, 4.69) is 5.10 Å². The average Bonchev–Trinajstić information content (AvgIpc) is 3.09. The Hall–Kier alpha value is -2.43. The fourth-order valence-corrected chi connectivity index (χ4v) is 2.68. The number of hydrogen-bond donors (Lipinski definition) is 0. The third-order valence-corrected chi connectivity index (χ3v) is 4.01. The summed E-state index contributed by atoms with van der Waals surface area (Å²) in [6.07, 6.45) is 6.30. The molecule has 1 aromatic heterocycles. The van der Waals surface area contributed by atoms with Gasteiger partial charge in [-0.25, -0.2) is 4.39 Å². The third-order valence-electron chi connectivity index (χ3n) is 4.01. The first kappa shape index (κ1) is 14.5. The zero-order valence-electron chi connectivity index (χ0n) is 12.4. The van der Waals surface area contributed by atoms with Crippen LogP contribution in [0.3, 0.4) is 0 Å². The molecule has 3 rings (SSSR count). The summed E-state index contributed by atoms with van der Waals surface area (Å²) in [6, 6.07) is 8.01. The van der Waals surface area contributed by atoms with E-state index < -0.39 is 0 Å². The van der Waals surface area contributed by atoms with Crippen molar-refractivity contribution in [2.45, 2.75) is 19.4 Å². The van der Waals surface area contributed by atoms with E-state index in [0.29, 0.717) is 13.1 Å². The van der Waals surface area contributed by atoms with Crippen molar-refractivity contribution in [1.29, 1.82) is 0 Å². The molecule has 4 nitrogen and oxygen atoms in total. The molecule has 0 fully saturated rings. The number of aromatic nitrogens is 2. The predicted molar refractivity (Wildman–Crippen MR) is 82.5 cm³/mol. The van der Waals surface area contributed by atoms with E-state index in [0.717, 1.165) is 17.6 Å². The van der Waals surface area contributed by atoms with Gasteiger partial charge in [0.05, 0.1) is 0 Å². The summed E-state index contributed by atoms with van der Waals surface area (Å²) >= 11 is 0. The van der Waals surface area contributed by atoms with Crippen molar-refractivity contribution in [1.82, 2.24) is 14.7 Å². The summed E-state index contributed by atoms with van der Waals surface area (Å²) < 4.78 is 14.6. The highest BCUT2D eigenvalue weighted by Gasteiger charge is 2.23. The number of nitrogens with zero attached hydrogens (tertiary/aromatic N) is 3. The second-order valence-corrected chi connectivity index (χ2v) is 5.43. The van der Waals surface area contributed by atoms with Crippen LogP contribution in [0.2, 0.25) is 0 Å². The Balaban J connectivity index is 1.68. The van der Waals surface area contributed by atoms with Gasteiger partial charge in [-0.3, -0.25) is 9.48 Å². The van der Waals surface area contributed by atoms with Gasteiger partial charge >= 0.3 is 0 Å². The maximum absolute atomic E-state index is 13.0. The molecule has 0 unspecified atom stereocenters. The van der Waals surface area contributed by atoms with Crippen molar-refractivity contribution < 1.29 is 9.18 Å². The summed E-state index contributed by atoms with van der Waals surface area (Å²) in [5, 5.41) is 4.12. The number of carbonyl (C=O) groups is 1. The van der Waals surface area contributed by atoms with Crippen LogP contribution in [-0.2, 0) is 4.79 Å². The third kappa shape index (κ3) is 2.93. The Bertz CT molecular complexity index is 676. The van der Waals surface area contributed by atoms with Gasteiger partial charge in [0.25, 0.3) is 0 Å². The zero-order valence-corrected chi connectivity index (χ0v) is 12.4. The monoisotopic (exact) mass is 299 g/mol. The van der Waals surface area contributed by atoms with Crippen molar-refractivity contribution in [2.24, 2.45) is 0 Å². The topological polar surface area (TPSA) is 38.1 Å². The second-order valence-electron chi connectivity index (χ2n) is 5.43. The van der Waals surface area contributed by atoms with Gasteiger partial charge in [-0.2, -0.15) is 5.10 Å². The van der Waals surface area contributed by atoms with Gasteiger partial charge in [0.2, 0.25) is 5.91 Å². The largest absolute Gasteiger partial charge is 0.337 e. The summed E-state index contributed by atoms with van der Waals surface area (Å²) in [6.45, 7) is 3.11. The first-order valence-electron chi connectivity index (χ1n) is 7.38. The number of carbonyl (C=O) groups excluding carboxylic acids is 1. The van der Waals surface area contributed by atoms with Crippen molar-refractivity contribution in [3.63, 3.8) is 0 Å². The lowest BCUT2D eigenvalue weighted by Crippen LogP contribution is -2.39. The highest BCUT2D eigenvalue weighted by atomic mass is 19.1. The van der Waals surface area contributed by atoms with Crippen molar-refractivity contribution in [2.75, 3.05) is 13.1 Å². The minimum absolute atomic E-state index is 0.0677. The maximum atomic E-state index is 13.0. The van der Waals surface area contributed by atoms with Gasteiger partial charge in [-0.15, -0.1) is 0 Å². The molecule has 2 aromatic rings. The van der Waals surface area contributed by atoms with E-state index in [4.69, 9.17) is 0 Å². The standard InChI is InChI=1S/C17H18FN3O/c1-13(21-10-2-9-19-21)17(22)20-11-7-15(8-12-20)14-3-5-16(18)6-4-14/h2-7,9-10,13H,8,11-12H2,1H3/t13-/m0/s1. The Morgan fingerprint density at radius 1 is 1.32 bits per heavy atom. The van der Waals surface area contributed by atoms with E-state index >= 15 is 0 Å². The maximum Gasteiger partial charge on any atom is 0.247 e. The molecule has 0 N–H and O–H groups in total. The SMILES string of the molecule is C[C@@H](C(=O)N1CC=C(c2ccc(F)cc2)CC1)n1cccn1. The molecule has 2 heterocycles. The fourth-order valence-electron chi connectivity index (χ4n) is 2.68. The van der Waals surface area contributed by atoms with Crippen LogP contribution in [0.4, 0.5) is 4.39 Å². The minimum Gasteiger partial charge on any atom is -0.337 e. The molecule has 0 aliphatic carbocycles. The van der Waals surface area contributed by atoms with Gasteiger partial charge in [0.1, 0.15) is 11.9 Å². The molecular weight excluding hydrogens is 281 g/mol. The minimum atomic E-state index is -0.296. The molecule has 0 spiro atoms. The van der Waals surface area contributed by atoms with E-state index in [1.54, 1.807) is 29.2 Å². The molecule has 0 bridgehead atoms. The van der Waals surface area contributed by atoms with Gasteiger partial charge in [0.15, 0.2) is 0 Å². The average molecular weight is 299 g/mol. The predicted octanol–water partition coefficient (Wildman–Crippen LogP) is 2.90. The first-order chi connectivity index (χ1) is 10.6. The second kappa shape index (κ2) is 6.13. The Morgan fingerprint density at radius 2 is 2.09 bits per heavy atom. The van der Waals surface area contributed by atoms with E-state index in [1.807, 2.05) is 24.0 Å². The van der Waals surface area contributed by atoms with Gasteiger partial charge < -0.3 is 4.90 Å². The van der Waals surface area contributed by atoms with Gasteiger partial charge in [-0.1, -0.05) is 18.2 Å². The molecule has 0 saturated carbocycles. The number of hydrogen-bond acceptors (Lipinski definition) is 2. The lowest BCUT2D eigenvalue weighted by atomic mass is 9.99. The lowest BCUT2D eigenvalue weighted by Gasteiger charge is -2.29. The number of benzene rings is 1. The fraction of sp³-hybridized carbons (Fsp3) is 0.294. The molecular formula is C17H18FN3O. The van der Waals surface area contributed by atoms with E-state index in [9.17, 15) is 9.18 Å². The van der Waals surface area contributed by atoms with Crippen LogP contribution in [0.1, 0.15) is 24.9 Å². The van der Waals surface area contributed by atoms with Gasteiger partial charge in [0, 0.05) is 25.5 Å². The van der Waals surface area contributed by atoms with Crippen LogP contribution in [0.25, 0.3) is 5.57 Å². The number of amides is 1.